The quantitative estimate of drug-likeness (QED) is 0.547. The van der Waals surface area contributed by atoms with Crippen molar-refractivity contribution in [1.82, 2.24) is 0 Å². The van der Waals surface area contributed by atoms with E-state index >= 15 is 0 Å². The minimum atomic E-state index is -0.180. The number of thioether (sulfide) groups is 1. The number of carbonyl (C=O) groups excluding carboxylic acids is 2. The molecule has 1 aliphatic carbocycles. The molecule has 0 radical (unpaired) electrons. The molecule has 5 heteroatoms. The number of halogens is 1. The molecule has 0 spiro atoms. The van der Waals surface area contributed by atoms with E-state index in [-0.39, 0.29) is 23.0 Å². The number of carbonyl (C=O) groups is 2. The van der Waals surface area contributed by atoms with E-state index in [1.54, 1.807) is 28.8 Å². The second kappa shape index (κ2) is 7.66. The van der Waals surface area contributed by atoms with Crippen LogP contribution >= 0.6 is 23.4 Å². The van der Waals surface area contributed by atoms with E-state index in [4.69, 9.17) is 11.6 Å². The molecule has 2 aliphatic rings. The average molecular weight is 426 g/mol. The number of allylic oxidation sites excluding steroid dienone is 2. The van der Waals surface area contributed by atoms with Crippen molar-refractivity contribution in [3.8, 4) is 0 Å². The monoisotopic (exact) mass is 425 g/mol. The summed E-state index contributed by atoms with van der Waals surface area (Å²) < 4.78 is 0. The second-order valence-electron chi connectivity index (χ2n) is 8.54. The predicted molar refractivity (Wildman–Crippen MR) is 120 cm³/mol. The van der Waals surface area contributed by atoms with Gasteiger partial charge >= 0.3 is 0 Å². The van der Waals surface area contributed by atoms with Crippen molar-refractivity contribution in [2.45, 2.75) is 43.9 Å². The van der Waals surface area contributed by atoms with Crippen LogP contribution in [-0.2, 0) is 9.59 Å². The van der Waals surface area contributed by atoms with E-state index in [0.29, 0.717) is 24.3 Å². The van der Waals surface area contributed by atoms with Gasteiger partial charge in [0.1, 0.15) is 0 Å². The number of benzene rings is 2. The smallest absolute Gasteiger partial charge is 0.232 e. The molecule has 2 aromatic rings. The molecule has 0 N–H and O–H groups in total. The van der Waals surface area contributed by atoms with Gasteiger partial charge in [-0.1, -0.05) is 37.6 Å². The van der Waals surface area contributed by atoms with Crippen molar-refractivity contribution in [2.75, 3.05) is 11.2 Å². The van der Waals surface area contributed by atoms with Crippen LogP contribution in [0.2, 0.25) is 5.02 Å². The highest BCUT2D eigenvalue weighted by Gasteiger charge is 2.44. The Balaban J connectivity index is 1.85. The van der Waals surface area contributed by atoms with E-state index in [1.807, 2.05) is 18.4 Å². The van der Waals surface area contributed by atoms with Crippen LogP contribution in [0.15, 0.2) is 64.7 Å². The highest BCUT2D eigenvalue weighted by Crippen LogP contribution is 2.48. The number of nitrogens with zero attached hydrogens (tertiary/aromatic N) is 1. The normalized spacial score (nSPS) is 21.4. The van der Waals surface area contributed by atoms with Crippen LogP contribution in [0.25, 0.3) is 0 Å². The summed E-state index contributed by atoms with van der Waals surface area (Å²) in [6.07, 6.45) is 3.54. The van der Waals surface area contributed by atoms with Crippen molar-refractivity contribution in [1.29, 1.82) is 0 Å². The van der Waals surface area contributed by atoms with E-state index in [1.165, 1.54) is 4.90 Å². The molecule has 0 saturated carbocycles. The number of rotatable bonds is 3. The van der Waals surface area contributed by atoms with Crippen molar-refractivity contribution in [3.63, 3.8) is 0 Å². The van der Waals surface area contributed by atoms with E-state index < -0.39 is 0 Å². The van der Waals surface area contributed by atoms with Crippen LogP contribution in [0.1, 0.15) is 44.6 Å². The van der Waals surface area contributed by atoms with Crippen LogP contribution in [0, 0.1) is 5.41 Å². The fourth-order valence-corrected chi connectivity index (χ4v) is 4.96. The molecule has 1 amide bonds. The summed E-state index contributed by atoms with van der Waals surface area (Å²) in [5.74, 6) is -0.00210. The number of ketones is 1. The van der Waals surface area contributed by atoms with Gasteiger partial charge in [0.05, 0.1) is 0 Å². The molecule has 1 atom stereocenters. The zero-order valence-corrected chi connectivity index (χ0v) is 18.4. The molecule has 0 aromatic heterocycles. The molecule has 0 saturated heterocycles. The summed E-state index contributed by atoms with van der Waals surface area (Å²) in [6.45, 7) is 4.19. The van der Waals surface area contributed by atoms with Crippen LogP contribution in [0.3, 0.4) is 0 Å². The lowest BCUT2D eigenvalue weighted by molar-refractivity contribution is -0.121. The number of hydrogen-bond acceptors (Lipinski definition) is 3. The molecule has 1 heterocycles. The van der Waals surface area contributed by atoms with Gasteiger partial charge in [0.15, 0.2) is 5.78 Å². The molecule has 29 heavy (non-hydrogen) atoms. The lowest BCUT2D eigenvalue weighted by Crippen LogP contribution is -2.43. The minimum Gasteiger partial charge on any atom is -0.294 e. The molecule has 4 rings (SSSR count). The van der Waals surface area contributed by atoms with Gasteiger partial charge in [0, 0.05) is 45.6 Å². The molecule has 0 bridgehead atoms. The third kappa shape index (κ3) is 3.88. The Morgan fingerprint density at radius 1 is 1.00 bits per heavy atom. The van der Waals surface area contributed by atoms with E-state index in [2.05, 4.69) is 38.1 Å². The lowest BCUT2D eigenvalue weighted by Gasteiger charge is -2.43. The zero-order chi connectivity index (χ0) is 20.8. The summed E-state index contributed by atoms with van der Waals surface area (Å²) in [5.41, 5.74) is 3.28. The maximum atomic E-state index is 13.3. The third-order valence-corrected chi connectivity index (χ3v) is 6.74. The average Bonchev–Trinajstić information content (AvgIpc) is 2.67. The third-order valence-electron chi connectivity index (χ3n) is 5.75. The van der Waals surface area contributed by atoms with Crippen LogP contribution in [0.4, 0.5) is 5.69 Å². The van der Waals surface area contributed by atoms with Crippen molar-refractivity contribution in [2.24, 2.45) is 5.41 Å². The minimum absolute atomic E-state index is 0.0236. The molecule has 3 nitrogen and oxygen atoms in total. The predicted octanol–water partition coefficient (Wildman–Crippen LogP) is 6.23. The van der Waals surface area contributed by atoms with Gasteiger partial charge in [0.25, 0.3) is 0 Å². The maximum Gasteiger partial charge on any atom is 0.232 e. The number of Topliss-reactive ketones (excluding diaryl/α,β-unsaturated/α-hetero) is 1. The Bertz CT molecular complexity index is 993. The van der Waals surface area contributed by atoms with Gasteiger partial charge in [-0.2, -0.15) is 0 Å². The first-order valence-corrected chi connectivity index (χ1v) is 11.4. The van der Waals surface area contributed by atoms with Gasteiger partial charge in [-0.05, 0) is 60.1 Å². The van der Waals surface area contributed by atoms with Crippen LogP contribution < -0.4 is 4.90 Å². The topological polar surface area (TPSA) is 37.4 Å². The van der Waals surface area contributed by atoms with Gasteiger partial charge in [0.2, 0.25) is 5.91 Å². The molecular weight excluding hydrogens is 402 g/mol. The van der Waals surface area contributed by atoms with Crippen LogP contribution in [0.5, 0.6) is 0 Å². The first-order valence-electron chi connectivity index (χ1n) is 9.78. The molecule has 150 valence electrons. The highest BCUT2D eigenvalue weighted by atomic mass is 35.5. The Morgan fingerprint density at radius 3 is 2.28 bits per heavy atom. The van der Waals surface area contributed by atoms with Crippen molar-refractivity contribution < 1.29 is 9.59 Å². The Kier molecular flexibility index (Phi) is 5.34. The molecule has 1 unspecified atom stereocenters. The summed E-state index contributed by atoms with van der Waals surface area (Å²) in [4.78, 5) is 29.5. The fraction of sp³-hybridized carbons (Fsp3) is 0.333. The van der Waals surface area contributed by atoms with Crippen molar-refractivity contribution >= 4 is 40.7 Å². The van der Waals surface area contributed by atoms with Crippen molar-refractivity contribution in [3.05, 3.63) is 70.4 Å². The summed E-state index contributed by atoms with van der Waals surface area (Å²) >= 11 is 7.73. The standard InChI is InChI=1S/C24H24ClNO2S/c1-24(2)13-20-23(21(27)14-24)19(15-4-10-18(29-3)11-5-15)12-22(28)26(20)17-8-6-16(25)7-9-17/h4-11,19H,12-14H2,1-3H3. The van der Waals surface area contributed by atoms with Gasteiger partial charge in [-0.3, -0.25) is 14.5 Å². The molecule has 2 aromatic carbocycles. The number of anilines is 1. The van der Waals surface area contributed by atoms with Crippen LogP contribution in [-0.4, -0.2) is 17.9 Å². The zero-order valence-electron chi connectivity index (χ0n) is 16.9. The molecule has 0 fully saturated rings. The maximum absolute atomic E-state index is 13.3. The summed E-state index contributed by atoms with van der Waals surface area (Å²) in [5, 5.41) is 0.624. The lowest BCUT2D eigenvalue weighted by atomic mass is 9.69. The number of hydrogen-bond donors (Lipinski definition) is 0. The Hall–Kier alpha value is -2.04. The molecular formula is C24H24ClNO2S. The first-order chi connectivity index (χ1) is 13.8. The molecule has 1 aliphatic heterocycles. The van der Waals surface area contributed by atoms with Gasteiger partial charge in [-0.25, -0.2) is 0 Å². The fourth-order valence-electron chi connectivity index (χ4n) is 4.43. The van der Waals surface area contributed by atoms with E-state index in [0.717, 1.165) is 22.5 Å². The summed E-state index contributed by atoms with van der Waals surface area (Å²) in [6, 6.07) is 15.5. The SMILES string of the molecule is CSc1ccc(C2CC(=O)N(c3ccc(Cl)cc3)C3=C2C(=O)CC(C)(C)C3)cc1. The second-order valence-corrected chi connectivity index (χ2v) is 9.85. The first kappa shape index (κ1) is 20.2. The Labute approximate surface area is 181 Å². The summed E-state index contributed by atoms with van der Waals surface area (Å²) in [7, 11) is 0. The highest BCUT2D eigenvalue weighted by molar-refractivity contribution is 7.98. The van der Waals surface area contributed by atoms with Gasteiger partial charge in [-0.15, -0.1) is 11.8 Å². The Morgan fingerprint density at radius 2 is 1.66 bits per heavy atom. The largest absolute Gasteiger partial charge is 0.294 e. The van der Waals surface area contributed by atoms with Gasteiger partial charge < -0.3 is 0 Å². The van der Waals surface area contributed by atoms with E-state index in [9.17, 15) is 9.59 Å². The number of amides is 1.